The molecule has 1 saturated carbocycles. The van der Waals surface area contributed by atoms with Crippen LogP contribution in [0, 0.1) is 5.92 Å². The van der Waals surface area contributed by atoms with Crippen LogP contribution in [0.3, 0.4) is 0 Å². The third kappa shape index (κ3) is 2.46. The standard InChI is InChI=1S/C10H20O2/c1-3-4-8-5-6-9(11)10(7-8)12-2/h8-11H,3-7H2,1-2H3/t8-,9-,10-/m1/s1. The van der Waals surface area contributed by atoms with Gasteiger partial charge in [-0.2, -0.15) is 0 Å². The summed E-state index contributed by atoms with van der Waals surface area (Å²) in [6, 6.07) is 0. The van der Waals surface area contributed by atoms with E-state index in [0.29, 0.717) is 0 Å². The number of rotatable bonds is 3. The fourth-order valence-electron chi connectivity index (χ4n) is 2.12. The molecule has 3 atom stereocenters. The molecule has 0 amide bonds. The van der Waals surface area contributed by atoms with Gasteiger partial charge >= 0.3 is 0 Å². The zero-order valence-corrected chi connectivity index (χ0v) is 8.12. The van der Waals surface area contributed by atoms with E-state index >= 15 is 0 Å². The van der Waals surface area contributed by atoms with E-state index in [1.165, 1.54) is 19.3 Å². The van der Waals surface area contributed by atoms with Gasteiger partial charge in [-0.3, -0.25) is 0 Å². The smallest absolute Gasteiger partial charge is 0.0832 e. The second-order valence-electron chi connectivity index (χ2n) is 3.81. The summed E-state index contributed by atoms with van der Waals surface area (Å²) < 4.78 is 5.23. The predicted molar refractivity (Wildman–Crippen MR) is 49.1 cm³/mol. The zero-order chi connectivity index (χ0) is 8.97. The highest BCUT2D eigenvalue weighted by molar-refractivity contribution is 4.79. The molecule has 0 radical (unpaired) electrons. The molecular weight excluding hydrogens is 152 g/mol. The van der Waals surface area contributed by atoms with Gasteiger partial charge in [-0.15, -0.1) is 0 Å². The van der Waals surface area contributed by atoms with Crippen LogP contribution in [0.2, 0.25) is 0 Å². The summed E-state index contributed by atoms with van der Waals surface area (Å²) >= 11 is 0. The Morgan fingerprint density at radius 3 is 2.75 bits per heavy atom. The average molecular weight is 172 g/mol. The maximum absolute atomic E-state index is 9.53. The van der Waals surface area contributed by atoms with Gasteiger partial charge in [0.2, 0.25) is 0 Å². The summed E-state index contributed by atoms with van der Waals surface area (Å²) in [6.07, 6.45) is 5.55. The summed E-state index contributed by atoms with van der Waals surface area (Å²) in [6.45, 7) is 2.22. The van der Waals surface area contributed by atoms with Gasteiger partial charge in [0.05, 0.1) is 12.2 Å². The third-order valence-electron chi connectivity index (χ3n) is 2.87. The van der Waals surface area contributed by atoms with Gasteiger partial charge in [-0.1, -0.05) is 19.8 Å². The second-order valence-corrected chi connectivity index (χ2v) is 3.81. The van der Waals surface area contributed by atoms with Crippen LogP contribution in [-0.4, -0.2) is 24.4 Å². The number of hydrogen-bond donors (Lipinski definition) is 1. The molecule has 1 rings (SSSR count). The lowest BCUT2D eigenvalue weighted by atomic mass is 9.83. The first-order chi connectivity index (χ1) is 5.77. The lowest BCUT2D eigenvalue weighted by Crippen LogP contribution is -2.35. The van der Waals surface area contributed by atoms with Gasteiger partial charge in [0.1, 0.15) is 0 Å². The van der Waals surface area contributed by atoms with Crippen LogP contribution < -0.4 is 0 Å². The van der Waals surface area contributed by atoms with E-state index in [1.807, 2.05) is 0 Å². The molecule has 2 nitrogen and oxygen atoms in total. The van der Waals surface area contributed by atoms with E-state index in [0.717, 1.165) is 18.8 Å². The minimum absolute atomic E-state index is 0.0929. The predicted octanol–water partition coefficient (Wildman–Crippen LogP) is 1.96. The Labute approximate surface area is 74.9 Å². The molecule has 0 unspecified atom stereocenters. The maximum Gasteiger partial charge on any atom is 0.0832 e. The monoisotopic (exact) mass is 172 g/mol. The largest absolute Gasteiger partial charge is 0.390 e. The number of ether oxygens (including phenoxy) is 1. The topological polar surface area (TPSA) is 29.5 Å². The van der Waals surface area contributed by atoms with Gasteiger partial charge < -0.3 is 9.84 Å². The zero-order valence-electron chi connectivity index (χ0n) is 8.12. The van der Waals surface area contributed by atoms with Crippen molar-refractivity contribution in [2.24, 2.45) is 5.92 Å². The van der Waals surface area contributed by atoms with Crippen molar-refractivity contribution in [3.8, 4) is 0 Å². The van der Waals surface area contributed by atoms with Crippen molar-refractivity contribution in [3.63, 3.8) is 0 Å². The van der Waals surface area contributed by atoms with Crippen LogP contribution in [0.5, 0.6) is 0 Å². The molecular formula is C10H20O2. The number of aliphatic hydroxyl groups is 1. The van der Waals surface area contributed by atoms with E-state index < -0.39 is 0 Å². The van der Waals surface area contributed by atoms with Crippen LogP contribution >= 0.6 is 0 Å². The first-order valence-electron chi connectivity index (χ1n) is 4.98. The van der Waals surface area contributed by atoms with Crippen molar-refractivity contribution in [2.45, 2.75) is 51.2 Å². The van der Waals surface area contributed by atoms with Crippen molar-refractivity contribution in [1.29, 1.82) is 0 Å². The summed E-state index contributed by atoms with van der Waals surface area (Å²) in [5, 5.41) is 9.53. The molecule has 2 heteroatoms. The number of aliphatic hydroxyl groups excluding tert-OH is 1. The summed E-state index contributed by atoms with van der Waals surface area (Å²) in [5.41, 5.74) is 0. The SMILES string of the molecule is CCC[C@@H]1CC[C@@H](O)[C@H](OC)C1. The molecule has 1 aliphatic carbocycles. The van der Waals surface area contributed by atoms with Gasteiger partial charge in [-0.05, 0) is 25.2 Å². The minimum atomic E-state index is -0.219. The molecule has 0 aromatic carbocycles. The Bertz CT molecular complexity index is 125. The van der Waals surface area contributed by atoms with Crippen molar-refractivity contribution >= 4 is 0 Å². The molecule has 1 N–H and O–H groups in total. The fourth-order valence-corrected chi connectivity index (χ4v) is 2.12. The van der Waals surface area contributed by atoms with Crippen molar-refractivity contribution < 1.29 is 9.84 Å². The normalized spacial score (nSPS) is 36.8. The highest BCUT2D eigenvalue weighted by Gasteiger charge is 2.28. The lowest BCUT2D eigenvalue weighted by Gasteiger charge is -2.32. The summed E-state index contributed by atoms with van der Waals surface area (Å²) in [7, 11) is 1.70. The second kappa shape index (κ2) is 4.83. The van der Waals surface area contributed by atoms with E-state index in [9.17, 15) is 5.11 Å². The van der Waals surface area contributed by atoms with Gasteiger partial charge in [-0.25, -0.2) is 0 Å². The Morgan fingerprint density at radius 2 is 2.17 bits per heavy atom. The molecule has 0 aliphatic heterocycles. The molecule has 72 valence electrons. The van der Waals surface area contributed by atoms with Gasteiger partial charge in [0, 0.05) is 7.11 Å². The van der Waals surface area contributed by atoms with Gasteiger partial charge in [0.15, 0.2) is 0 Å². The van der Waals surface area contributed by atoms with E-state index in [2.05, 4.69) is 6.92 Å². The molecule has 1 fully saturated rings. The molecule has 0 aromatic heterocycles. The fraction of sp³-hybridized carbons (Fsp3) is 1.00. The molecule has 12 heavy (non-hydrogen) atoms. The Balaban J connectivity index is 2.33. The van der Waals surface area contributed by atoms with E-state index in [4.69, 9.17) is 4.74 Å². The number of hydrogen-bond acceptors (Lipinski definition) is 2. The maximum atomic E-state index is 9.53. The van der Waals surface area contributed by atoms with Crippen molar-refractivity contribution in [3.05, 3.63) is 0 Å². The van der Waals surface area contributed by atoms with Crippen LogP contribution in [0.4, 0.5) is 0 Å². The average Bonchev–Trinajstić information content (AvgIpc) is 2.09. The van der Waals surface area contributed by atoms with Crippen LogP contribution in [-0.2, 0) is 4.74 Å². The molecule has 0 bridgehead atoms. The molecule has 0 aromatic rings. The van der Waals surface area contributed by atoms with Gasteiger partial charge in [0.25, 0.3) is 0 Å². The first kappa shape index (κ1) is 10.0. The van der Waals surface area contributed by atoms with Crippen LogP contribution in [0.15, 0.2) is 0 Å². The quantitative estimate of drug-likeness (QED) is 0.705. The van der Waals surface area contributed by atoms with Crippen LogP contribution in [0.1, 0.15) is 39.0 Å². The van der Waals surface area contributed by atoms with Crippen LogP contribution in [0.25, 0.3) is 0 Å². The molecule has 0 spiro atoms. The highest BCUT2D eigenvalue weighted by Crippen LogP contribution is 2.29. The first-order valence-corrected chi connectivity index (χ1v) is 4.98. The Morgan fingerprint density at radius 1 is 1.42 bits per heavy atom. The highest BCUT2D eigenvalue weighted by atomic mass is 16.5. The summed E-state index contributed by atoms with van der Waals surface area (Å²) in [4.78, 5) is 0. The van der Waals surface area contributed by atoms with E-state index in [1.54, 1.807) is 7.11 Å². The minimum Gasteiger partial charge on any atom is -0.390 e. The third-order valence-corrected chi connectivity index (χ3v) is 2.87. The number of methoxy groups -OCH3 is 1. The van der Waals surface area contributed by atoms with E-state index in [-0.39, 0.29) is 12.2 Å². The lowest BCUT2D eigenvalue weighted by molar-refractivity contribution is -0.0513. The Kier molecular flexibility index (Phi) is 4.02. The molecule has 0 saturated heterocycles. The Hall–Kier alpha value is -0.0800. The summed E-state index contributed by atoms with van der Waals surface area (Å²) in [5.74, 6) is 0.781. The van der Waals surface area contributed by atoms with Crippen molar-refractivity contribution in [1.82, 2.24) is 0 Å². The van der Waals surface area contributed by atoms with Crippen molar-refractivity contribution in [2.75, 3.05) is 7.11 Å². The molecule has 0 heterocycles. The molecule has 1 aliphatic rings.